The van der Waals surface area contributed by atoms with Gasteiger partial charge < -0.3 is 9.64 Å². The van der Waals surface area contributed by atoms with E-state index in [4.69, 9.17) is 4.74 Å². The van der Waals surface area contributed by atoms with Crippen LogP contribution >= 0.6 is 0 Å². The van der Waals surface area contributed by atoms with Crippen molar-refractivity contribution in [2.75, 3.05) is 4.90 Å². The first-order valence-corrected chi connectivity index (χ1v) is 25.1. The zero-order valence-electron chi connectivity index (χ0n) is 41.0. The molecule has 344 valence electrons. The van der Waals surface area contributed by atoms with Gasteiger partial charge in [0.2, 0.25) is 0 Å². The van der Waals surface area contributed by atoms with Gasteiger partial charge in [-0.3, -0.25) is 0 Å². The lowest BCUT2D eigenvalue weighted by Gasteiger charge is -2.34. The summed E-state index contributed by atoms with van der Waals surface area (Å²) in [5, 5.41) is 2.55. The fourth-order valence-corrected chi connectivity index (χ4v) is 11.5. The number of hydrogen-bond acceptors (Lipinski definition) is 2. The molecule has 1 aliphatic carbocycles. The van der Waals surface area contributed by atoms with Crippen molar-refractivity contribution in [1.29, 1.82) is 0 Å². The smallest absolute Gasteiger partial charge is 0.131 e. The monoisotopic (exact) mass is 923 g/mol. The minimum absolute atomic E-state index is 0.158. The number of rotatable bonds is 8. The standard InChI is InChI=1S/C70H53NO/c1-69(2)63-19-10-11-20-67(63)72-68-42-33-54(44-66(68)69)51-29-38-58(39-30-51)71(56-34-25-49(26-35-56)48-23-21-47(22-24-48)46-13-6-5-7-14-46)57-36-27-50(28-37-57)53-31-40-61-62-41-32-55(45-65(62)70(3,4)64(61)43-53)60-18-12-16-52-15-8-9-17-59(52)60/h5-45H,1-4H3. The van der Waals surface area contributed by atoms with E-state index < -0.39 is 0 Å². The molecule has 2 nitrogen and oxygen atoms in total. The molecule has 0 N–H and O–H groups in total. The van der Waals surface area contributed by atoms with Crippen LogP contribution in [0.4, 0.5) is 17.1 Å². The van der Waals surface area contributed by atoms with Crippen LogP contribution in [0.3, 0.4) is 0 Å². The second kappa shape index (κ2) is 17.0. The molecule has 0 saturated heterocycles. The molecule has 2 aliphatic rings. The van der Waals surface area contributed by atoms with Crippen molar-refractivity contribution in [2.45, 2.75) is 38.5 Å². The van der Waals surface area contributed by atoms with Crippen molar-refractivity contribution in [1.82, 2.24) is 0 Å². The zero-order chi connectivity index (χ0) is 48.6. The highest BCUT2D eigenvalue weighted by Crippen LogP contribution is 2.52. The molecule has 2 heteroatoms. The molecule has 0 amide bonds. The molecule has 0 fully saturated rings. The van der Waals surface area contributed by atoms with E-state index in [9.17, 15) is 0 Å². The maximum atomic E-state index is 6.41. The summed E-state index contributed by atoms with van der Waals surface area (Å²) in [6, 6.07) is 91.0. The van der Waals surface area contributed by atoms with E-state index in [0.29, 0.717) is 0 Å². The Balaban J connectivity index is 0.827. The Kier molecular flexibility index (Phi) is 10.2. The lowest BCUT2D eigenvalue weighted by molar-refractivity contribution is 0.418. The van der Waals surface area contributed by atoms with E-state index >= 15 is 0 Å². The normalized spacial score (nSPS) is 13.6. The van der Waals surface area contributed by atoms with Gasteiger partial charge in [0.1, 0.15) is 11.5 Å². The molecule has 0 radical (unpaired) electrons. The molecule has 0 aromatic heterocycles. The molecule has 1 heterocycles. The topological polar surface area (TPSA) is 12.5 Å². The van der Waals surface area contributed by atoms with Gasteiger partial charge in [-0.25, -0.2) is 0 Å². The lowest BCUT2D eigenvalue weighted by Crippen LogP contribution is -2.24. The number of hydrogen-bond donors (Lipinski definition) is 0. The van der Waals surface area contributed by atoms with E-state index in [2.05, 4.69) is 275 Å². The van der Waals surface area contributed by atoms with Gasteiger partial charge in [-0.2, -0.15) is 0 Å². The van der Waals surface area contributed by atoms with Crippen LogP contribution in [0.5, 0.6) is 11.5 Å². The van der Waals surface area contributed by atoms with Crippen LogP contribution in [0.25, 0.3) is 77.5 Å². The van der Waals surface area contributed by atoms with Crippen molar-refractivity contribution >= 4 is 27.8 Å². The summed E-state index contributed by atoms with van der Waals surface area (Å²) in [4.78, 5) is 2.37. The molecule has 0 unspecified atom stereocenters. The Bertz CT molecular complexity index is 3840. The van der Waals surface area contributed by atoms with E-state index in [0.717, 1.165) is 34.1 Å². The van der Waals surface area contributed by atoms with Gasteiger partial charge in [0.15, 0.2) is 0 Å². The van der Waals surface area contributed by atoms with Gasteiger partial charge in [-0.15, -0.1) is 0 Å². The third-order valence-electron chi connectivity index (χ3n) is 15.6. The fraction of sp³-hybridized carbons (Fsp3) is 0.0857. The van der Waals surface area contributed by atoms with E-state index in [1.54, 1.807) is 0 Å². The maximum absolute atomic E-state index is 6.41. The Morgan fingerprint density at radius 1 is 0.278 bits per heavy atom. The number of anilines is 3. The van der Waals surface area contributed by atoms with Crippen molar-refractivity contribution in [3.05, 3.63) is 271 Å². The summed E-state index contributed by atoms with van der Waals surface area (Å²) in [6.07, 6.45) is 0. The van der Waals surface area contributed by atoms with Gasteiger partial charge in [0, 0.05) is 39.0 Å². The first kappa shape index (κ1) is 43.3. The number of ether oxygens (including phenoxy) is 1. The lowest BCUT2D eigenvalue weighted by atomic mass is 9.75. The largest absolute Gasteiger partial charge is 0.457 e. The molecule has 0 saturated carbocycles. The third kappa shape index (κ3) is 7.33. The first-order valence-electron chi connectivity index (χ1n) is 25.1. The molecular formula is C70H53NO. The second-order valence-corrected chi connectivity index (χ2v) is 20.5. The molecule has 11 aromatic carbocycles. The average molecular weight is 924 g/mol. The Morgan fingerprint density at radius 3 is 1.29 bits per heavy atom. The highest BCUT2D eigenvalue weighted by Gasteiger charge is 2.37. The Hall–Kier alpha value is -8.72. The number of para-hydroxylation sites is 1. The summed E-state index contributed by atoms with van der Waals surface area (Å²) < 4.78 is 6.41. The minimum Gasteiger partial charge on any atom is -0.457 e. The van der Waals surface area contributed by atoms with Gasteiger partial charge in [0.05, 0.1) is 0 Å². The first-order chi connectivity index (χ1) is 35.2. The summed E-state index contributed by atoms with van der Waals surface area (Å²) in [5.74, 6) is 1.85. The molecule has 1 aliphatic heterocycles. The van der Waals surface area contributed by atoms with Crippen LogP contribution in [0.15, 0.2) is 249 Å². The summed E-state index contributed by atoms with van der Waals surface area (Å²) in [6.45, 7) is 9.35. The fourth-order valence-electron chi connectivity index (χ4n) is 11.5. The molecule has 0 atom stereocenters. The highest BCUT2D eigenvalue weighted by atomic mass is 16.5. The summed E-state index contributed by atoms with van der Waals surface area (Å²) in [5.41, 5.74) is 22.8. The number of benzene rings is 11. The molecule has 13 rings (SSSR count). The van der Waals surface area contributed by atoms with Gasteiger partial charge in [0.25, 0.3) is 0 Å². The Morgan fingerprint density at radius 2 is 0.681 bits per heavy atom. The molecule has 0 bridgehead atoms. The van der Waals surface area contributed by atoms with Crippen LogP contribution < -0.4 is 9.64 Å². The minimum atomic E-state index is -0.192. The number of nitrogens with zero attached hydrogens (tertiary/aromatic N) is 1. The highest BCUT2D eigenvalue weighted by molar-refractivity contribution is 5.98. The Labute approximate surface area is 423 Å². The second-order valence-electron chi connectivity index (χ2n) is 20.5. The van der Waals surface area contributed by atoms with Crippen molar-refractivity contribution < 1.29 is 4.74 Å². The van der Waals surface area contributed by atoms with E-state index in [-0.39, 0.29) is 10.8 Å². The van der Waals surface area contributed by atoms with Crippen LogP contribution in [-0.4, -0.2) is 0 Å². The molecule has 11 aromatic rings. The van der Waals surface area contributed by atoms with Crippen LogP contribution in [-0.2, 0) is 10.8 Å². The summed E-state index contributed by atoms with van der Waals surface area (Å²) >= 11 is 0. The third-order valence-corrected chi connectivity index (χ3v) is 15.6. The maximum Gasteiger partial charge on any atom is 0.131 e. The van der Waals surface area contributed by atoms with E-state index in [1.807, 2.05) is 6.07 Å². The van der Waals surface area contributed by atoms with Crippen LogP contribution in [0, 0.1) is 0 Å². The zero-order valence-corrected chi connectivity index (χ0v) is 41.0. The predicted octanol–water partition coefficient (Wildman–Crippen LogP) is 19.4. The predicted molar refractivity (Wildman–Crippen MR) is 302 cm³/mol. The molecular weight excluding hydrogens is 871 g/mol. The van der Waals surface area contributed by atoms with Gasteiger partial charge in [-0.1, -0.05) is 210 Å². The summed E-state index contributed by atoms with van der Waals surface area (Å²) in [7, 11) is 0. The molecule has 0 spiro atoms. The van der Waals surface area contributed by atoms with Crippen LogP contribution in [0.1, 0.15) is 49.9 Å². The van der Waals surface area contributed by atoms with Crippen LogP contribution in [0.2, 0.25) is 0 Å². The average Bonchev–Trinajstić information content (AvgIpc) is 3.66. The SMILES string of the molecule is CC1(C)c2ccccc2Oc2ccc(-c3ccc(N(c4ccc(-c5ccc(-c6ccccc6)cc5)cc4)c4ccc(-c5ccc6c(c5)C(C)(C)c5cc(-c7cccc8ccccc78)ccc5-6)cc4)cc3)cc21. The van der Waals surface area contributed by atoms with Crippen molar-refractivity contribution in [3.8, 4) is 78.3 Å². The van der Waals surface area contributed by atoms with Crippen molar-refractivity contribution in [2.24, 2.45) is 0 Å². The van der Waals surface area contributed by atoms with E-state index in [1.165, 1.54) is 94.2 Å². The van der Waals surface area contributed by atoms with Crippen molar-refractivity contribution in [3.63, 3.8) is 0 Å². The quantitative estimate of drug-likeness (QED) is 0.151. The van der Waals surface area contributed by atoms with Gasteiger partial charge >= 0.3 is 0 Å². The molecule has 72 heavy (non-hydrogen) atoms. The number of fused-ring (bicyclic) bond motifs is 6. The van der Waals surface area contributed by atoms with Gasteiger partial charge in [-0.05, 0) is 155 Å².